The molecule has 7 heteroatoms. The maximum absolute atomic E-state index is 10.2. The van der Waals surface area contributed by atoms with Crippen molar-refractivity contribution in [2.75, 3.05) is 20.1 Å². The summed E-state index contributed by atoms with van der Waals surface area (Å²) in [6.07, 6.45) is 3.02. The molecule has 0 aliphatic carbocycles. The van der Waals surface area contributed by atoms with Gasteiger partial charge in [0.1, 0.15) is 11.3 Å². The van der Waals surface area contributed by atoms with Crippen LogP contribution in [0.5, 0.6) is 5.75 Å². The molecule has 3 aromatic rings. The van der Waals surface area contributed by atoms with Gasteiger partial charge >= 0.3 is 0 Å². The minimum absolute atomic E-state index is 0.104. The number of fused-ring (bicyclic) bond motifs is 1. The average molecular weight is 358 g/mol. The first-order valence-electron chi connectivity index (χ1n) is 8.38. The Bertz CT molecular complexity index is 915. The van der Waals surface area contributed by atoms with Crippen molar-refractivity contribution in [3.63, 3.8) is 0 Å². The van der Waals surface area contributed by atoms with Crippen LogP contribution in [0.4, 0.5) is 0 Å². The molecule has 3 heterocycles. The molecule has 6 nitrogen and oxygen atoms in total. The smallest absolute Gasteiger partial charge is 0.182 e. The molecular weight excluding hydrogens is 338 g/mol. The summed E-state index contributed by atoms with van der Waals surface area (Å²) in [5, 5.41) is 19.4. The fourth-order valence-electron chi connectivity index (χ4n) is 3.63. The molecule has 2 aromatic heterocycles. The first kappa shape index (κ1) is 16.3. The van der Waals surface area contributed by atoms with Crippen LogP contribution in [-0.4, -0.2) is 49.9 Å². The van der Waals surface area contributed by atoms with E-state index in [9.17, 15) is 5.11 Å². The summed E-state index contributed by atoms with van der Waals surface area (Å²) in [6, 6.07) is 5.19. The number of halogens is 1. The topological polar surface area (TPSA) is 67.1 Å². The number of aromatic hydroxyl groups is 1. The summed E-state index contributed by atoms with van der Waals surface area (Å²) < 4.78 is 2.07. The van der Waals surface area contributed by atoms with Crippen molar-refractivity contribution < 1.29 is 5.11 Å². The summed E-state index contributed by atoms with van der Waals surface area (Å²) >= 11 is 5.98. The Morgan fingerprint density at radius 2 is 2.12 bits per heavy atom. The summed E-state index contributed by atoms with van der Waals surface area (Å²) in [6.45, 7) is 5.04. The molecule has 25 heavy (non-hydrogen) atoms. The highest BCUT2D eigenvalue weighted by molar-refractivity contribution is 6.31. The largest absolute Gasteiger partial charge is 0.507 e. The summed E-state index contributed by atoms with van der Waals surface area (Å²) in [5.74, 6) is 0.721. The zero-order chi connectivity index (χ0) is 17.6. The normalized spacial score (nSPS) is 18.3. The number of nitrogens with zero attached hydrogens (tertiary/aromatic N) is 5. The van der Waals surface area contributed by atoms with Crippen molar-refractivity contribution in [2.45, 2.75) is 19.9 Å². The number of imidazole rings is 1. The molecule has 1 atom stereocenters. The van der Waals surface area contributed by atoms with Crippen molar-refractivity contribution in [3.05, 3.63) is 35.1 Å². The predicted octanol–water partition coefficient (Wildman–Crippen LogP) is 3.11. The highest BCUT2D eigenvalue weighted by atomic mass is 35.5. The second-order valence-corrected chi connectivity index (χ2v) is 7.31. The molecule has 130 valence electrons. The molecule has 1 aliphatic heterocycles. The third kappa shape index (κ3) is 3.07. The third-order valence-corrected chi connectivity index (χ3v) is 5.06. The maximum atomic E-state index is 10.2. The number of rotatable bonds is 3. The van der Waals surface area contributed by atoms with E-state index in [2.05, 4.69) is 31.7 Å². The standard InChI is InChI=1S/C18H20ClN5O/c1-11-5-13(19)6-16(25)17(11)14-7-15-18(22-21-14)24(10-20-15)9-12-3-4-23(2)8-12/h5-7,10,12,25H,3-4,8-9H2,1-2H3/t12-/m0/s1. The van der Waals surface area contributed by atoms with E-state index in [-0.39, 0.29) is 5.75 Å². The van der Waals surface area contributed by atoms with Crippen molar-refractivity contribution >= 4 is 22.8 Å². The van der Waals surface area contributed by atoms with Gasteiger partial charge in [-0.3, -0.25) is 0 Å². The van der Waals surface area contributed by atoms with E-state index >= 15 is 0 Å². The molecule has 0 spiro atoms. The Kier molecular flexibility index (Phi) is 4.09. The van der Waals surface area contributed by atoms with E-state index in [0.717, 1.165) is 36.4 Å². The van der Waals surface area contributed by atoms with E-state index in [1.807, 2.05) is 19.3 Å². The van der Waals surface area contributed by atoms with Gasteiger partial charge in [-0.15, -0.1) is 10.2 Å². The average Bonchev–Trinajstić information content (AvgIpc) is 3.13. The molecule has 0 unspecified atom stereocenters. The Labute approximate surface area is 151 Å². The van der Waals surface area contributed by atoms with E-state index in [1.54, 1.807) is 6.07 Å². The molecule has 4 rings (SSSR count). The lowest BCUT2D eigenvalue weighted by Crippen LogP contribution is -2.17. The van der Waals surface area contributed by atoms with Gasteiger partial charge in [-0.2, -0.15) is 0 Å². The van der Waals surface area contributed by atoms with Crippen molar-refractivity contribution in [3.8, 4) is 17.0 Å². The number of benzene rings is 1. The van der Waals surface area contributed by atoms with Gasteiger partial charge in [-0.1, -0.05) is 11.6 Å². The fourth-order valence-corrected chi connectivity index (χ4v) is 3.90. The van der Waals surface area contributed by atoms with Crippen LogP contribution >= 0.6 is 11.6 Å². The highest BCUT2D eigenvalue weighted by Gasteiger charge is 2.21. The highest BCUT2D eigenvalue weighted by Crippen LogP contribution is 2.34. The van der Waals surface area contributed by atoms with Gasteiger partial charge < -0.3 is 14.6 Å². The summed E-state index contributed by atoms with van der Waals surface area (Å²) in [7, 11) is 2.15. The quantitative estimate of drug-likeness (QED) is 0.780. The Balaban J connectivity index is 1.68. The van der Waals surface area contributed by atoms with Gasteiger partial charge in [0.15, 0.2) is 5.65 Å². The lowest BCUT2D eigenvalue weighted by molar-refractivity contribution is 0.379. The van der Waals surface area contributed by atoms with E-state index in [4.69, 9.17) is 11.6 Å². The van der Waals surface area contributed by atoms with Gasteiger partial charge in [0.25, 0.3) is 0 Å². The van der Waals surface area contributed by atoms with Crippen LogP contribution in [0, 0.1) is 12.8 Å². The maximum Gasteiger partial charge on any atom is 0.182 e. The zero-order valence-corrected chi connectivity index (χ0v) is 15.0. The fraction of sp³-hybridized carbons (Fsp3) is 0.389. The molecule has 1 saturated heterocycles. The minimum atomic E-state index is 0.104. The molecule has 1 N–H and O–H groups in total. The summed E-state index contributed by atoms with van der Waals surface area (Å²) in [4.78, 5) is 6.83. The lowest BCUT2D eigenvalue weighted by Gasteiger charge is -2.11. The number of aryl methyl sites for hydroxylation is 1. The van der Waals surface area contributed by atoms with E-state index < -0.39 is 0 Å². The molecule has 0 saturated carbocycles. The number of phenols is 1. The lowest BCUT2D eigenvalue weighted by atomic mass is 10.0. The van der Waals surface area contributed by atoms with Crippen LogP contribution in [0.25, 0.3) is 22.4 Å². The van der Waals surface area contributed by atoms with Crippen LogP contribution in [0.3, 0.4) is 0 Å². The molecule has 0 radical (unpaired) electrons. The van der Waals surface area contributed by atoms with Gasteiger partial charge in [-0.05, 0) is 56.6 Å². The van der Waals surface area contributed by atoms with Gasteiger partial charge in [-0.25, -0.2) is 4.98 Å². The van der Waals surface area contributed by atoms with E-state index in [1.165, 1.54) is 12.5 Å². The van der Waals surface area contributed by atoms with Gasteiger partial charge in [0, 0.05) is 23.7 Å². The molecular formula is C18H20ClN5O. The number of phenolic OH excluding ortho intramolecular Hbond substituents is 1. The number of hydrogen-bond acceptors (Lipinski definition) is 5. The van der Waals surface area contributed by atoms with Crippen LogP contribution in [0.2, 0.25) is 5.02 Å². The predicted molar refractivity (Wildman–Crippen MR) is 97.8 cm³/mol. The molecule has 0 amide bonds. The van der Waals surface area contributed by atoms with Gasteiger partial charge in [0.2, 0.25) is 0 Å². The second kappa shape index (κ2) is 6.28. The monoisotopic (exact) mass is 357 g/mol. The minimum Gasteiger partial charge on any atom is -0.507 e. The first-order chi connectivity index (χ1) is 12.0. The second-order valence-electron chi connectivity index (χ2n) is 6.87. The van der Waals surface area contributed by atoms with Gasteiger partial charge in [0.05, 0.1) is 12.0 Å². The van der Waals surface area contributed by atoms with Crippen LogP contribution in [0.1, 0.15) is 12.0 Å². The molecule has 1 fully saturated rings. The first-order valence-corrected chi connectivity index (χ1v) is 8.75. The number of aromatic nitrogens is 4. The molecule has 0 bridgehead atoms. The Morgan fingerprint density at radius 1 is 1.28 bits per heavy atom. The third-order valence-electron chi connectivity index (χ3n) is 4.84. The zero-order valence-electron chi connectivity index (χ0n) is 14.3. The van der Waals surface area contributed by atoms with Crippen molar-refractivity contribution in [1.82, 2.24) is 24.6 Å². The van der Waals surface area contributed by atoms with Crippen molar-refractivity contribution in [2.24, 2.45) is 5.92 Å². The molecule has 1 aliphatic rings. The number of likely N-dealkylation sites (tertiary alicyclic amines) is 1. The molecule has 1 aromatic carbocycles. The van der Waals surface area contributed by atoms with Crippen LogP contribution < -0.4 is 0 Å². The summed E-state index contributed by atoms with van der Waals surface area (Å²) in [5.41, 5.74) is 3.66. The Morgan fingerprint density at radius 3 is 2.84 bits per heavy atom. The van der Waals surface area contributed by atoms with E-state index in [0.29, 0.717) is 22.2 Å². The van der Waals surface area contributed by atoms with Crippen molar-refractivity contribution in [1.29, 1.82) is 0 Å². The van der Waals surface area contributed by atoms with Crippen LogP contribution in [-0.2, 0) is 6.54 Å². The Hall–Kier alpha value is -2.18. The van der Waals surface area contributed by atoms with Crippen LogP contribution in [0.15, 0.2) is 24.5 Å². The number of hydrogen-bond donors (Lipinski definition) is 1. The SMILES string of the molecule is Cc1cc(Cl)cc(O)c1-c1cc2ncn(C[C@H]3CCN(C)C3)c2nn1.